The quantitative estimate of drug-likeness (QED) is 0.617. The summed E-state index contributed by atoms with van der Waals surface area (Å²) in [6.45, 7) is 3.84. The molecule has 0 aromatic heterocycles. The first-order chi connectivity index (χ1) is 8.63. The smallest absolute Gasteiger partial charge is 0.166 e. The van der Waals surface area contributed by atoms with E-state index in [9.17, 15) is 0 Å². The van der Waals surface area contributed by atoms with E-state index < -0.39 is 0 Å². The molecule has 0 aliphatic heterocycles. The number of benzene rings is 1. The molecule has 1 aromatic carbocycles. The zero-order valence-electron chi connectivity index (χ0n) is 10.4. The highest BCUT2D eigenvalue weighted by atomic mass is 35.5. The van der Waals surface area contributed by atoms with Crippen molar-refractivity contribution in [2.45, 2.75) is 26.2 Å². The Balaban J connectivity index is 2.26. The summed E-state index contributed by atoms with van der Waals surface area (Å²) < 4.78 is 0. The van der Waals surface area contributed by atoms with Crippen LogP contribution in [0.1, 0.15) is 25.3 Å². The fourth-order valence-electron chi connectivity index (χ4n) is 1.48. The maximum atomic E-state index is 6.09. The standard InChI is InChI=1S/C13H18Cl2N2S/c1-2-3-7-16-13(18)17-8-6-10-4-5-11(14)9-12(10)15/h4-5,9H,2-3,6-8H2,1H3,(H2,16,17,18). The molecular formula is C13H18Cl2N2S. The van der Waals surface area contributed by atoms with Gasteiger partial charge >= 0.3 is 0 Å². The van der Waals surface area contributed by atoms with Crippen LogP contribution in [0.4, 0.5) is 0 Å². The number of nitrogens with one attached hydrogen (secondary N) is 2. The van der Waals surface area contributed by atoms with E-state index in [-0.39, 0.29) is 0 Å². The Morgan fingerprint density at radius 3 is 2.61 bits per heavy atom. The third-order valence-electron chi connectivity index (χ3n) is 2.51. The number of hydrogen-bond donors (Lipinski definition) is 2. The lowest BCUT2D eigenvalue weighted by Gasteiger charge is -2.10. The van der Waals surface area contributed by atoms with Crippen LogP contribution in [-0.2, 0) is 6.42 Å². The van der Waals surface area contributed by atoms with Crippen molar-refractivity contribution in [3.05, 3.63) is 33.8 Å². The third-order valence-corrected chi connectivity index (χ3v) is 3.39. The van der Waals surface area contributed by atoms with Crippen LogP contribution >= 0.6 is 35.4 Å². The number of halogens is 2. The maximum Gasteiger partial charge on any atom is 0.166 e. The van der Waals surface area contributed by atoms with Crippen molar-refractivity contribution < 1.29 is 0 Å². The molecule has 0 aliphatic rings. The molecule has 0 bridgehead atoms. The van der Waals surface area contributed by atoms with Gasteiger partial charge in [-0.25, -0.2) is 0 Å². The Hall–Kier alpha value is -0.510. The van der Waals surface area contributed by atoms with E-state index in [4.69, 9.17) is 35.4 Å². The molecule has 5 heteroatoms. The predicted octanol–water partition coefficient (Wildman–Crippen LogP) is 3.80. The second-order valence-electron chi connectivity index (χ2n) is 4.02. The first kappa shape index (κ1) is 15.5. The predicted molar refractivity (Wildman–Crippen MR) is 83.7 cm³/mol. The van der Waals surface area contributed by atoms with Gasteiger partial charge < -0.3 is 10.6 Å². The monoisotopic (exact) mass is 304 g/mol. The molecule has 0 amide bonds. The molecular weight excluding hydrogens is 287 g/mol. The van der Waals surface area contributed by atoms with Gasteiger partial charge in [-0.3, -0.25) is 0 Å². The van der Waals surface area contributed by atoms with Gasteiger partial charge in [0.15, 0.2) is 5.11 Å². The molecule has 1 rings (SSSR count). The van der Waals surface area contributed by atoms with Gasteiger partial charge in [0.2, 0.25) is 0 Å². The van der Waals surface area contributed by atoms with Crippen LogP contribution in [0.15, 0.2) is 18.2 Å². The Bertz CT molecular complexity index is 397. The first-order valence-electron chi connectivity index (χ1n) is 6.09. The Morgan fingerprint density at radius 2 is 1.94 bits per heavy atom. The van der Waals surface area contributed by atoms with Crippen molar-refractivity contribution in [1.82, 2.24) is 10.6 Å². The van der Waals surface area contributed by atoms with Crippen molar-refractivity contribution in [3.63, 3.8) is 0 Å². The van der Waals surface area contributed by atoms with E-state index in [1.54, 1.807) is 6.07 Å². The molecule has 0 radical (unpaired) electrons. The van der Waals surface area contributed by atoms with Crippen molar-refractivity contribution in [2.75, 3.05) is 13.1 Å². The second kappa shape index (κ2) is 8.57. The van der Waals surface area contributed by atoms with Crippen LogP contribution < -0.4 is 10.6 Å². The van der Waals surface area contributed by atoms with Crippen LogP contribution in [-0.4, -0.2) is 18.2 Å². The second-order valence-corrected chi connectivity index (χ2v) is 5.27. The van der Waals surface area contributed by atoms with E-state index in [1.165, 1.54) is 0 Å². The number of thiocarbonyl (C=S) groups is 1. The van der Waals surface area contributed by atoms with Gasteiger partial charge in [0.05, 0.1) is 0 Å². The van der Waals surface area contributed by atoms with Crippen LogP contribution in [0, 0.1) is 0 Å². The van der Waals surface area contributed by atoms with Gasteiger partial charge in [-0.1, -0.05) is 42.6 Å². The lowest BCUT2D eigenvalue weighted by Crippen LogP contribution is -2.36. The van der Waals surface area contributed by atoms with Crippen LogP contribution in [0.2, 0.25) is 10.0 Å². The van der Waals surface area contributed by atoms with Gasteiger partial charge in [0, 0.05) is 23.1 Å². The van der Waals surface area contributed by atoms with Crippen molar-refractivity contribution in [1.29, 1.82) is 0 Å². The van der Waals surface area contributed by atoms with Gasteiger partial charge in [-0.2, -0.15) is 0 Å². The minimum atomic E-state index is 0.661. The maximum absolute atomic E-state index is 6.09. The van der Waals surface area contributed by atoms with E-state index in [0.717, 1.165) is 37.9 Å². The zero-order valence-corrected chi connectivity index (χ0v) is 12.8. The van der Waals surface area contributed by atoms with Crippen LogP contribution in [0.5, 0.6) is 0 Å². The summed E-state index contributed by atoms with van der Waals surface area (Å²) in [5.41, 5.74) is 1.07. The molecule has 0 saturated carbocycles. The van der Waals surface area contributed by atoms with Gasteiger partial charge in [-0.05, 0) is 42.8 Å². The Labute approximate surface area is 124 Å². The lowest BCUT2D eigenvalue weighted by molar-refractivity contribution is 0.737. The average Bonchev–Trinajstić information content (AvgIpc) is 2.32. The molecule has 0 fully saturated rings. The Morgan fingerprint density at radius 1 is 1.22 bits per heavy atom. The highest BCUT2D eigenvalue weighted by Crippen LogP contribution is 2.20. The third kappa shape index (κ3) is 5.89. The van der Waals surface area contributed by atoms with Crippen molar-refractivity contribution in [2.24, 2.45) is 0 Å². The first-order valence-corrected chi connectivity index (χ1v) is 7.25. The van der Waals surface area contributed by atoms with Crippen LogP contribution in [0.3, 0.4) is 0 Å². The lowest BCUT2D eigenvalue weighted by atomic mass is 10.1. The molecule has 2 nitrogen and oxygen atoms in total. The zero-order chi connectivity index (χ0) is 13.4. The van der Waals surface area contributed by atoms with Gasteiger partial charge in [0.1, 0.15) is 0 Å². The van der Waals surface area contributed by atoms with Gasteiger partial charge in [-0.15, -0.1) is 0 Å². The summed E-state index contributed by atoms with van der Waals surface area (Å²) >= 11 is 17.1. The molecule has 0 unspecified atom stereocenters. The molecule has 0 heterocycles. The number of hydrogen-bond acceptors (Lipinski definition) is 1. The van der Waals surface area contributed by atoms with E-state index >= 15 is 0 Å². The van der Waals surface area contributed by atoms with Crippen molar-refractivity contribution in [3.8, 4) is 0 Å². The van der Waals surface area contributed by atoms with E-state index in [1.807, 2.05) is 12.1 Å². The fourth-order valence-corrected chi connectivity index (χ4v) is 2.18. The summed E-state index contributed by atoms with van der Waals surface area (Å²) in [5.74, 6) is 0. The summed E-state index contributed by atoms with van der Waals surface area (Å²) in [4.78, 5) is 0. The van der Waals surface area contributed by atoms with Crippen LogP contribution in [0.25, 0.3) is 0 Å². The molecule has 0 atom stereocenters. The summed E-state index contributed by atoms with van der Waals surface area (Å²) in [7, 11) is 0. The van der Waals surface area contributed by atoms with E-state index in [0.29, 0.717) is 15.2 Å². The summed E-state index contributed by atoms with van der Waals surface area (Å²) in [5, 5.41) is 8.39. The minimum Gasteiger partial charge on any atom is -0.363 e. The molecule has 100 valence electrons. The molecule has 2 N–H and O–H groups in total. The fraction of sp³-hybridized carbons (Fsp3) is 0.462. The topological polar surface area (TPSA) is 24.1 Å². The molecule has 0 spiro atoms. The van der Waals surface area contributed by atoms with Crippen molar-refractivity contribution >= 4 is 40.5 Å². The average molecular weight is 305 g/mol. The summed E-state index contributed by atoms with van der Waals surface area (Å²) in [6, 6.07) is 5.55. The number of rotatable bonds is 6. The molecule has 0 aliphatic carbocycles. The van der Waals surface area contributed by atoms with E-state index in [2.05, 4.69) is 17.6 Å². The molecule has 0 saturated heterocycles. The SMILES string of the molecule is CCCCNC(=S)NCCc1ccc(Cl)cc1Cl. The Kier molecular flexibility index (Phi) is 7.40. The summed E-state index contributed by atoms with van der Waals surface area (Å²) in [6.07, 6.45) is 3.12. The number of unbranched alkanes of at least 4 members (excludes halogenated alkanes) is 1. The molecule has 18 heavy (non-hydrogen) atoms. The minimum absolute atomic E-state index is 0.661. The molecule has 1 aromatic rings. The normalized spacial score (nSPS) is 10.2. The highest BCUT2D eigenvalue weighted by Gasteiger charge is 2.01. The largest absolute Gasteiger partial charge is 0.363 e. The highest BCUT2D eigenvalue weighted by molar-refractivity contribution is 7.80. The van der Waals surface area contributed by atoms with Gasteiger partial charge in [0.25, 0.3) is 0 Å².